The van der Waals surface area contributed by atoms with Crippen LogP contribution >= 0.6 is 11.3 Å². The lowest BCUT2D eigenvalue weighted by atomic mass is 10.2. The fraction of sp³-hybridized carbons (Fsp3) is 0.167. The topological polar surface area (TPSA) is 69.0 Å². The first-order valence-electron chi connectivity index (χ1n) is 7.92. The van der Waals surface area contributed by atoms with Crippen LogP contribution in [0.4, 0.5) is 13.9 Å². The molecule has 0 bridgehead atoms. The summed E-state index contributed by atoms with van der Waals surface area (Å²) in [5.41, 5.74) is 1.13. The van der Waals surface area contributed by atoms with Crippen molar-refractivity contribution in [1.82, 2.24) is 14.5 Å². The van der Waals surface area contributed by atoms with Crippen LogP contribution in [0.3, 0.4) is 0 Å². The number of hydrogen-bond acceptors (Lipinski definition) is 5. The van der Waals surface area contributed by atoms with E-state index in [4.69, 9.17) is 0 Å². The molecule has 9 heteroatoms. The van der Waals surface area contributed by atoms with Crippen LogP contribution in [0.1, 0.15) is 11.3 Å². The van der Waals surface area contributed by atoms with Gasteiger partial charge in [0.05, 0.1) is 10.6 Å². The van der Waals surface area contributed by atoms with Gasteiger partial charge in [-0.05, 0) is 19.1 Å². The van der Waals surface area contributed by atoms with Crippen molar-refractivity contribution in [3.63, 3.8) is 0 Å². The van der Waals surface area contributed by atoms with Gasteiger partial charge in [0.25, 0.3) is 0 Å². The second-order valence-electron chi connectivity index (χ2n) is 5.53. The van der Waals surface area contributed by atoms with E-state index < -0.39 is 12.5 Å². The van der Waals surface area contributed by atoms with Crippen molar-refractivity contribution in [1.29, 1.82) is 0 Å². The first-order valence-corrected chi connectivity index (χ1v) is 8.73. The molecule has 0 saturated heterocycles. The second kappa shape index (κ2) is 8.09. The van der Waals surface area contributed by atoms with Gasteiger partial charge in [-0.25, -0.2) is 9.97 Å². The number of hydrogen-bond donors (Lipinski definition) is 1. The van der Waals surface area contributed by atoms with Gasteiger partial charge in [0.2, 0.25) is 5.91 Å². The van der Waals surface area contributed by atoms with Crippen LogP contribution in [0.15, 0.2) is 42.7 Å². The highest BCUT2D eigenvalue weighted by atomic mass is 32.1. The number of amides is 1. The smallest absolute Gasteiger partial charge is 0.387 e. The van der Waals surface area contributed by atoms with E-state index in [-0.39, 0.29) is 5.75 Å². The summed E-state index contributed by atoms with van der Waals surface area (Å²) in [6.45, 7) is -1.10. The molecule has 1 amide bonds. The number of anilines is 1. The summed E-state index contributed by atoms with van der Waals surface area (Å²) in [5, 5.41) is 3.10. The van der Waals surface area contributed by atoms with E-state index in [9.17, 15) is 13.6 Å². The third-order valence-corrected chi connectivity index (χ3v) is 4.67. The third kappa shape index (κ3) is 4.56. The fourth-order valence-corrected chi connectivity index (χ4v) is 3.38. The number of nitrogens with zero attached hydrogens (tertiary/aromatic N) is 3. The van der Waals surface area contributed by atoms with Crippen molar-refractivity contribution >= 4 is 28.5 Å². The summed E-state index contributed by atoms with van der Waals surface area (Å²) in [6.07, 6.45) is 6.17. The summed E-state index contributed by atoms with van der Waals surface area (Å²) in [6, 6.07) is 6.23. The molecule has 2 aromatic heterocycles. The lowest BCUT2D eigenvalue weighted by Crippen LogP contribution is -2.07. The minimum atomic E-state index is -2.93. The molecule has 0 unspecified atom stereocenters. The molecule has 3 aromatic rings. The Morgan fingerprint density at radius 1 is 1.37 bits per heavy atom. The van der Waals surface area contributed by atoms with E-state index in [0.29, 0.717) is 10.7 Å². The number of halogens is 2. The van der Waals surface area contributed by atoms with E-state index >= 15 is 0 Å². The highest BCUT2D eigenvalue weighted by Crippen LogP contribution is 2.31. The summed E-state index contributed by atoms with van der Waals surface area (Å²) in [4.78, 5) is 21.6. The number of imidazole rings is 1. The quantitative estimate of drug-likeness (QED) is 0.643. The number of aromatic nitrogens is 3. The number of aryl methyl sites for hydroxylation is 2. The number of carbonyl (C=O) groups excluding carboxylic acids is 1. The van der Waals surface area contributed by atoms with E-state index in [1.165, 1.54) is 29.6 Å². The van der Waals surface area contributed by atoms with Crippen LogP contribution < -0.4 is 10.1 Å². The van der Waals surface area contributed by atoms with Gasteiger partial charge >= 0.3 is 6.61 Å². The second-order valence-corrected chi connectivity index (χ2v) is 6.53. The molecule has 27 heavy (non-hydrogen) atoms. The zero-order chi connectivity index (χ0) is 19.4. The Labute approximate surface area is 158 Å². The van der Waals surface area contributed by atoms with Crippen molar-refractivity contribution in [2.45, 2.75) is 13.5 Å². The van der Waals surface area contributed by atoms with E-state index in [1.54, 1.807) is 24.4 Å². The van der Waals surface area contributed by atoms with Crippen molar-refractivity contribution in [3.05, 3.63) is 54.0 Å². The summed E-state index contributed by atoms with van der Waals surface area (Å²) in [7, 11) is 1.88. The van der Waals surface area contributed by atoms with Gasteiger partial charge in [0.1, 0.15) is 5.75 Å². The number of nitrogens with one attached hydrogen (secondary N) is 1. The maximum absolute atomic E-state index is 12.4. The Morgan fingerprint density at radius 2 is 2.15 bits per heavy atom. The average Bonchev–Trinajstić information content (AvgIpc) is 3.18. The summed E-state index contributed by atoms with van der Waals surface area (Å²) < 4.78 is 31.2. The fourth-order valence-electron chi connectivity index (χ4n) is 2.38. The van der Waals surface area contributed by atoms with Gasteiger partial charge < -0.3 is 9.30 Å². The molecule has 0 saturated carbocycles. The number of alkyl halides is 2. The molecular formula is C18H16F2N4O2S. The Kier molecular flexibility index (Phi) is 5.60. The zero-order valence-electron chi connectivity index (χ0n) is 14.5. The molecule has 0 spiro atoms. The molecule has 3 rings (SSSR count). The standard InChI is InChI=1S/C18H16F2N4O2S/c1-11-15(16-21-9-10-24(16)2)27-18(22-11)23-14(25)8-7-12-5-3-4-6-13(12)26-17(19)20/h3-10,17H,1-2H3,(H,22,23,25). The number of thiazole rings is 1. The number of ether oxygens (including phenoxy) is 1. The van der Waals surface area contributed by atoms with Gasteiger partial charge in [0.15, 0.2) is 11.0 Å². The SMILES string of the molecule is Cc1nc(NC(=O)C=Cc2ccccc2OC(F)F)sc1-c1nccn1C. The molecule has 140 valence electrons. The predicted octanol–water partition coefficient (Wildman–Crippen LogP) is 4.11. The summed E-state index contributed by atoms with van der Waals surface area (Å²) >= 11 is 1.31. The monoisotopic (exact) mass is 390 g/mol. The number of para-hydroxylation sites is 1. The van der Waals surface area contributed by atoms with Crippen LogP contribution in [-0.2, 0) is 11.8 Å². The van der Waals surface area contributed by atoms with E-state index in [1.807, 2.05) is 24.7 Å². The van der Waals surface area contributed by atoms with Crippen molar-refractivity contribution in [2.75, 3.05) is 5.32 Å². The number of carbonyl (C=O) groups is 1. The lowest BCUT2D eigenvalue weighted by Gasteiger charge is -2.07. The molecule has 0 fully saturated rings. The van der Waals surface area contributed by atoms with Gasteiger partial charge in [-0.1, -0.05) is 29.5 Å². The lowest BCUT2D eigenvalue weighted by molar-refractivity contribution is -0.111. The first kappa shape index (κ1) is 18.7. The van der Waals surface area contributed by atoms with Gasteiger partial charge in [-0.15, -0.1) is 0 Å². The largest absolute Gasteiger partial charge is 0.434 e. The van der Waals surface area contributed by atoms with Crippen LogP contribution in [-0.4, -0.2) is 27.1 Å². The first-order chi connectivity index (χ1) is 12.9. The Bertz CT molecular complexity index is 981. The number of benzene rings is 1. The van der Waals surface area contributed by atoms with E-state index in [2.05, 4.69) is 20.0 Å². The normalized spacial score (nSPS) is 11.3. The van der Waals surface area contributed by atoms with Crippen LogP contribution in [0.25, 0.3) is 16.8 Å². The van der Waals surface area contributed by atoms with Gasteiger partial charge in [-0.2, -0.15) is 8.78 Å². The average molecular weight is 390 g/mol. The molecule has 0 aliphatic heterocycles. The molecule has 0 aliphatic carbocycles. The number of rotatable bonds is 6. The van der Waals surface area contributed by atoms with Gasteiger partial charge in [0, 0.05) is 31.1 Å². The molecule has 0 aliphatic rings. The van der Waals surface area contributed by atoms with Crippen molar-refractivity contribution in [3.8, 4) is 16.5 Å². The molecule has 1 aromatic carbocycles. The van der Waals surface area contributed by atoms with Gasteiger partial charge in [-0.3, -0.25) is 10.1 Å². The van der Waals surface area contributed by atoms with Crippen LogP contribution in [0, 0.1) is 6.92 Å². The molecule has 0 radical (unpaired) electrons. The zero-order valence-corrected chi connectivity index (χ0v) is 15.3. The predicted molar refractivity (Wildman–Crippen MR) is 99.8 cm³/mol. The maximum atomic E-state index is 12.4. The Balaban J connectivity index is 1.72. The Hall–Kier alpha value is -3.07. The minimum Gasteiger partial charge on any atom is -0.434 e. The molecule has 1 N–H and O–H groups in total. The maximum Gasteiger partial charge on any atom is 0.387 e. The third-order valence-electron chi connectivity index (χ3n) is 3.60. The van der Waals surface area contributed by atoms with Crippen LogP contribution in [0.5, 0.6) is 5.75 Å². The Morgan fingerprint density at radius 3 is 2.85 bits per heavy atom. The molecule has 6 nitrogen and oxygen atoms in total. The molecular weight excluding hydrogens is 374 g/mol. The van der Waals surface area contributed by atoms with Crippen LogP contribution in [0.2, 0.25) is 0 Å². The van der Waals surface area contributed by atoms with Crippen molar-refractivity contribution in [2.24, 2.45) is 7.05 Å². The van der Waals surface area contributed by atoms with E-state index in [0.717, 1.165) is 16.4 Å². The summed E-state index contributed by atoms with van der Waals surface area (Å²) in [5.74, 6) is 0.333. The minimum absolute atomic E-state index is 0.00119. The highest BCUT2D eigenvalue weighted by Gasteiger charge is 2.14. The molecule has 2 heterocycles. The molecule has 0 atom stereocenters. The highest BCUT2D eigenvalue weighted by molar-refractivity contribution is 7.19. The van der Waals surface area contributed by atoms with Crippen molar-refractivity contribution < 1.29 is 18.3 Å².